The zero-order chi connectivity index (χ0) is 21.9. The second-order valence-corrected chi connectivity index (χ2v) is 6.98. The van der Waals surface area contributed by atoms with Crippen LogP contribution in [0.2, 0.25) is 0 Å². The van der Waals surface area contributed by atoms with Crippen molar-refractivity contribution in [2.45, 2.75) is 33.0 Å². The Balaban J connectivity index is 1.76. The predicted molar refractivity (Wildman–Crippen MR) is 107 cm³/mol. The molecule has 0 bridgehead atoms. The Bertz CT molecular complexity index is 1040. The zero-order valence-electron chi connectivity index (χ0n) is 16.9. The molecule has 3 aromatic rings. The molecule has 1 N–H and O–H groups in total. The molecule has 2 aromatic carbocycles. The second-order valence-electron chi connectivity index (χ2n) is 6.98. The average molecular weight is 417 g/mol. The molecule has 0 aliphatic rings. The van der Waals surface area contributed by atoms with Crippen LogP contribution in [0.4, 0.5) is 13.2 Å². The number of rotatable bonds is 6. The van der Waals surface area contributed by atoms with E-state index in [1.54, 1.807) is 57.4 Å². The Morgan fingerprint density at radius 1 is 1.10 bits per heavy atom. The van der Waals surface area contributed by atoms with Crippen molar-refractivity contribution in [1.82, 2.24) is 15.1 Å². The molecule has 5 nitrogen and oxygen atoms in total. The Morgan fingerprint density at radius 2 is 1.80 bits per heavy atom. The molecule has 0 aliphatic heterocycles. The van der Waals surface area contributed by atoms with E-state index >= 15 is 0 Å². The van der Waals surface area contributed by atoms with Gasteiger partial charge in [0.25, 0.3) is 0 Å². The van der Waals surface area contributed by atoms with Gasteiger partial charge in [-0.25, -0.2) is 4.68 Å². The number of ether oxygens (including phenoxy) is 1. The number of hydrogen-bond acceptors (Lipinski definition) is 3. The number of benzene rings is 2. The minimum Gasteiger partial charge on any atom is -0.497 e. The normalized spacial score (nSPS) is 11.4. The fourth-order valence-electron chi connectivity index (χ4n) is 3.19. The van der Waals surface area contributed by atoms with Gasteiger partial charge in [0.2, 0.25) is 5.91 Å². The first-order chi connectivity index (χ1) is 14.2. The number of methoxy groups -OCH3 is 1. The summed E-state index contributed by atoms with van der Waals surface area (Å²) in [6.45, 7) is 3.34. The van der Waals surface area contributed by atoms with Crippen LogP contribution in [0.15, 0.2) is 48.5 Å². The zero-order valence-corrected chi connectivity index (χ0v) is 16.9. The molecule has 0 saturated carbocycles. The van der Waals surface area contributed by atoms with E-state index in [4.69, 9.17) is 4.74 Å². The lowest BCUT2D eigenvalue weighted by molar-refractivity contribution is -0.138. The molecule has 0 aliphatic carbocycles. The summed E-state index contributed by atoms with van der Waals surface area (Å²) in [7, 11) is 1.54. The number of aromatic nitrogens is 2. The van der Waals surface area contributed by atoms with Crippen LogP contribution in [-0.4, -0.2) is 22.8 Å². The molecule has 0 unspecified atom stereocenters. The van der Waals surface area contributed by atoms with Gasteiger partial charge in [0.15, 0.2) is 0 Å². The molecule has 0 radical (unpaired) electrons. The number of hydrogen-bond donors (Lipinski definition) is 1. The number of amides is 1. The summed E-state index contributed by atoms with van der Waals surface area (Å²) in [6.07, 6.45) is -4.49. The van der Waals surface area contributed by atoms with Gasteiger partial charge in [-0.1, -0.05) is 18.2 Å². The highest BCUT2D eigenvalue weighted by molar-refractivity contribution is 5.78. The third kappa shape index (κ3) is 5.00. The van der Waals surface area contributed by atoms with E-state index in [-0.39, 0.29) is 24.4 Å². The maximum atomic E-state index is 13.6. The van der Waals surface area contributed by atoms with Crippen LogP contribution < -0.4 is 10.1 Å². The summed E-state index contributed by atoms with van der Waals surface area (Å²) in [5, 5.41) is 6.81. The highest BCUT2D eigenvalue weighted by Crippen LogP contribution is 2.33. The van der Waals surface area contributed by atoms with Crippen LogP contribution in [0.5, 0.6) is 5.75 Å². The maximum Gasteiger partial charge on any atom is 0.416 e. The van der Waals surface area contributed by atoms with Gasteiger partial charge < -0.3 is 10.1 Å². The van der Waals surface area contributed by atoms with Crippen LogP contribution in [0, 0.1) is 13.8 Å². The molecule has 1 amide bonds. The molecule has 0 spiro atoms. The lowest BCUT2D eigenvalue weighted by atomic mass is 10.1. The van der Waals surface area contributed by atoms with E-state index < -0.39 is 11.7 Å². The summed E-state index contributed by atoms with van der Waals surface area (Å²) in [5.74, 6) is 0.299. The van der Waals surface area contributed by atoms with Crippen molar-refractivity contribution in [2.75, 3.05) is 7.11 Å². The summed E-state index contributed by atoms with van der Waals surface area (Å²) >= 11 is 0. The Kier molecular flexibility index (Phi) is 6.14. The fourth-order valence-corrected chi connectivity index (χ4v) is 3.19. The molecule has 8 heteroatoms. The van der Waals surface area contributed by atoms with Gasteiger partial charge in [-0.2, -0.15) is 18.3 Å². The topological polar surface area (TPSA) is 56.1 Å². The van der Waals surface area contributed by atoms with E-state index in [9.17, 15) is 18.0 Å². The van der Waals surface area contributed by atoms with E-state index in [1.165, 1.54) is 10.7 Å². The first-order valence-electron chi connectivity index (χ1n) is 9.31. The predicted octanol–water partition coefficient (Wildman–Crippen LogP) is 4.38. The summed E-state index contributed by atoms with van der Waals surface area (Å²) in [6, 6.07) is 12.7. The van der Waals surface area contributed by atoms with Crippen molar-refractivity contribution in [3.8, 4) is 11.4 Å². The molecule has 3 rings (SSSR count). The minimum absolute atomic E-state index is 0.00383. The smallest absolute Gasteiger partial charge is 0.416 e. The monoisotopic (exact) mass is 417 g/mol. The van der Waals surface area contributed by atoms with Gasteiger partial charge in [0.1, 0.15) is 5.75 Å². The number of nitrogens with one attached hydrogen (secondary N) is 1. The first kappa shape index (κ1) is 21.4. The molecule has 158 valence electrons. The SMILES string of the molecule is COc1ccc(CC(=O)NCc2ccc(-n3nc(C)cc3C)cc2C(F)(F)F)cc1. The van der Waals surface area contributed by atoms with E-state index in [1.807, 2.05) is 0 Å². The van der Waals surface area contributed by atoms with Crippen LogP contribution >= 0.6 is 0 Å². The summed E-state index contributed by atoms with van der Waals surface area (Å²) in [5.41, 5.74) is 1.72. The quantitative estimate of drug-likeness (QED) is 0.648. The molecule has 1 heterocycles. The molecule has 30 heavy (non-hydrogen) atoms. The fraction of sp³-hybridized carbons (Fsp3) is 0.273. The average Bonchev–Trinajstić information content (AvgIpc) is 3.04. The Hall–Kier alpha value is -3.29. The van der Waals surface area contributed by atoms with Crippen molar-refractivity contribution < 1.29 is 22.7 Å². The highest BCUT2D eigenvalue weighted by Gasteiger charge is 2.34. The van der Waals surface area contributed by atoms with E-state index in [0.29, 0.717) is 11.4 Å². The number of aryl methyl sites for hydroxylation is 2. The van der Waals surface area contributed by atoms with Gasteiger partial charge in [-0.3, -0.25) is 4.79 Å². The number of nitrogens with zero attached hydrogens (tertiary/aromatic N) is 2. The van der Waals surface area contributed by atoms with Crippen molar-refractivity contribution in [1.29, 1.82) is 0 Å². The van der Waals surface area contributed by atoms with E-state index in [2.05, 4.69) is 10.4 Å². The summed E-state index contributed by atoms with van der Waals surface area (Å²) < 4.78 is 47.4. The standard InChI is InChI=1S/C22H22F3N3O2/c1-14-10-15(2)28(27-14)18-7-6-17(20(12-18)22(23,24)25)13-26-21(29)11-16-4-8-19(30-3)9-5-16/h4-10,12H,11,13H2,1-3H3,(H,26,29). The van der Waals surface area contributed by atoms with Crippen molar-refractivity contribution in [3.05, 3.63) is 76.6 Å². The van der Waals surface area contributed by atoms with Crippen LogP contribution in [0.3, 0.4) is 0 Å². The highest BCUT2D eigenvalue weighted by atomic mass is 19.4. The van der Waals surface area contributed by atoms with Gasteiger partial charge in [-0.15, -0.1) is 0 Å². The number of alkyl halides is 3. The third-order valence-electron chi connectivity index (χ3n) is 4.65. The largest absolute Gasteiger partial charge is 0.497 e. The third-order valence-corrected chi connectivity index (χ3v) is 4.65. The lowest BCUT2D eigenvalue weighted by Gasteiger charge is -2.16. The van der Waals surface area contributed by atoms with Gasteiger partial charge in [0, 0.05) is 12.2 Å². The van der Waals surface area contributed by atoms with Crippen LogP contribution in [0.25, 0.3) is 5.69 Å². The lowest BCUT2D eigenvalue weighted by Crippen LogP contribution is -2.26. The number of carbonyl (C=O) groups excluding carboxylic acids is 1. The van der Waals surface area contributed by atoms with Gasteiger partial charge in [0.05, 0.1) is 30.5 Å². The van der Waals surface area contributed by atoms with Gasteiger partial charge >= 0.3 is 6.18 Å². The van der Waals surface area contributed by atoms with Crippen molar-refractivity contribution in [2.24, 2.45) is 0 Å². The molecular formula is C22H22F3N3O2. The first-order valence-corrected chi connectivity index (χ1v) is 9.31. The van der Waals surface area contributed by atoms with Crippen LogP contribution in [-0.2, 0) is 23.9 Å². The molecule has 1 aromatic heterocycles. The molecule has 0 fully saturated rings. The molecule has 0 saturated heterocycles. The molecular weight excluding hydrogens is 395 g/mol. The Labute approximate surface area is 172 Å². The molecule has 0 atom stereocenters. The number of carbonyl (C=O) groups is 1. The van der Waals surface area contributed by atoms with Crippen molar-refractivity contribution in [3.63, 3.8) is 0 Å². The number of halogens is 3. The maximum absolute atomic E-state index is 13.6. The van der Waals surface area contributed by atoms with Crippen molar-refractivity contribution >= 4 is 5.91 Å². The van der Waals surface area contributed by atoms with Gasteiger partial charge in [-0.05, 0) is 55.3 Å². The minimum atomic E-state index is -4.55. The second kappa shape index (κ2) is 8.61. The summed E-state index contributed by atoms with van der Waals surface area (Å²) in [4.78, 5) is 12.2. The Morgan fingerprint density at radius 3 is 2.37 bits per heavy atom. The van der Waals surface area contributed by atoms with E-state index in [0.717, 1.165) is 23.0 Å². The van der Waals surface area contributed by atoms with Crippen LogP contribution in [0.1, 0.15) is 28.1 Å².